The third kappa shape index (κ3) is 4.36. The van der Waals surface area contributed by atoms with Gasteiger partial charge in [0.05, 0.1) is 11.5 Å². The lowest BCUT2D eigenvalue weighted by atomic mass is 10.1. The molecule has 0 fully saturated rings. The summed E-state index contributed by atoms with van der Waals surface area (Å²) in [6.07, 6.45) is 0. The third-order valence-electron chi connectivity index (χ3n) is 1.62. The zero-order chi connectivity index (χ0) is 11.3. The molecule has 15 heavy (non-hydrogen) atoms. The van der Waals surface area contributed by atoms with E-state index in [4.69, 9.17) is 16.7 Å². The third-order valence-corrected chi connectivity index (χ3v) is 2.79. The summed E-state index contributed by atoms with van der Waals surface area (Å²) in [5.41, 5.74) is 0.553. The van der Waals surface area contributed by atoms with Gasteiger partial charge in [-0.05, 0) is 24.3 Å². The molecule has 0 aliphatic rings. The number of carboxylic acids is 1. The smallest absolute Gasteiger partial charge is 0.313 e. The highest BCUT2D eigenvalue weighted by atomic mass is 35.5. The molecule has 80 valence electrons. The van der Waals surface area contributed by atoms with Gasteiger partial charge in [0.25, 0.3) is 0 Å². The summed E-state index contributed by atoms with van der Waals surface area (Å²) in [7, 11) is 0. The first-order valence-corrected chi connectivity index (χ1v) is 5.71. The minimum absolute atomic E-state index is 0.0562. The van der Waals surface area contributed by atoms with Gasteiger partial charge in [-0.2, -0.15) is 0 Å². The summed E-state index contributed by atoms with van der Waals surface area (Å²) < 4.78 is 0. The van der Waals surface area contributed by atoms with E-state index in [0.717, 1.165) is 11.8 Å². The van der Waals surface area contributed by atoms with Crippen LogP contribution in [0.15, 0.2) is 24.3 Å². The second-order valence-electron chi connectivity index (χ2n) is 2.82. The van der Waals surface area contributed by atoms with Crippen molar-refractivity contribution in [1.82, 2.24) is 0 Å². The van der Waals surface area contributed by atoms with Crippen molar-refractivity contribution in [3.8, 4) is 0 Å². The van der Waals surface area contributed by atoms with Gasteiger partial charge >= 0.3 is 5.97 Å². The van der Waals surface area contributed by atoms with Crippen LogP contribution < -0.4 is 0 Å². The number of carbonyl (C=O) groups excluding carboxylic acids is 1. The number of halogens is 1. The van der Waals surface area contributed by atoms with Crippen molar-refractivity contribution in [3.05, 3.63) is 34.9 Å². The van der Waals surface area contributed by atoms with Crippen molar-refractivity contribution >= 4 is 35.1 Å². The molecule has 0 spiro atoms. The van der Waals surface area contributed by atoms with Gasteiger partial charge < -0.3 is 5.11 Å². The highest BCUT2D eigenvalue weighted by Crippen LogP contribution is 2.12. The number of carbonyl (C=O) groups is 2. The summed E-state index contributed by atoms with van der Waals surface area (Å²) >= 11 is 6.75. The molecule has 1 aromatic rings. The molecule has 3 nitrogen and oxygen atoms in total. The highest BCUT2D eigenvalue weighted by molar-refractivity contribution is 8.00. The number of aliphatic carboxylic acids is 1. The van der Waals surface area contributed by atoms with Crippen molar-refractivity contribution in [3.63, 3.8) is 0 Å². The van der Waals surface area contributed by atoms with Crippen molar-refractivity contribution in [2.45, 2.75) is 0 Å². The number of carboxylic acid groups (broad SMARTS) is 1. The molecule has 0 aliphatic heterocycles. The van der Waals surface area contributed by atoms with E-state index in [0.29, 0.717) is 10.6 Å². The Bertz CT molecular complexity index is 361. The standard InChI is InChI=1S/C10H9ClO3S/c11-8-3-1-7(2-4-8)9(12)5-15-6-10(13)14/h1-4H,5-6H2,(H,13,14). The Balaban J connectivity index is 2.47. The maximum absolute atomic E-state index is 11.5. The Kier molecular flexibility index (Phi) is 4.65. The molecule has 5 heteroatoms. The van der Waals surface area contributed by atoms with E-state index in [9.17, 15) is 9.59 Å². The van der Waals surface area contributed by atoms with Crippen molar-refractivity contribution in [2.24, 2.45) is 0 Å². The van der Waals surface area contributed by atoms with Crippen LogP contribution in [0.3, 0.4) is 0 Å². The summed E-state index contributed by atoms with van der Waals surface area (Å²) in [6, 6.07) is 6.53. The van der Waals surface area contributed by atoms with Crippen LogP contribution in [0.25, 0.3) is 0 Å². The molecule has 1 N–H and O–H groups in total. The quantitative estimate of drug-likeness (QED) is 0.808. The molecule has 1 rings (SSSR count). The van der Waals surface area contributed by atoms with Gasteiger partial charge in [-0.25, -0.2) is 0 Å². The number of thioether (sulfide) groups is 1. The first-order chi connectivity index (χ1) is 7.09. The van der Waals surface area contributed by atoms with E-state index in [1.165, 1.54) is 0 Å². The molecule has 0 aliphatic carbocycles. The van der Waals surface area contributed by atoms with Crippen LogP contribution in [-0.4, -0.2) is 28.4 Å². The fourth-order valence-corrected chi connectivity index (χ4v) is 1.70. The van der Waals surface area contributed by atoms with Gasteiger partial charge in [-0.15, -0.1) is 11.8 Å². The van der Waals surface area contributed by atoms with E-state index in [1.54, 1.807) is 24.3 Å². The lowest BCUT2D eigenvalue weighted by Crippen LogP contribution is -2.06. The molecule has 0 aromatic heterocycles. The molecule has 0 unspecified atom stereocenters. The van der Waals surface area contributed by atoms with Crippen molar-refractivity contribution < 1.29 is 14.7 Å². The van der Waals surface area contributed by atoms with Gasteiger partial charge in [0.2, 0.25) is 0 Å². The summed E-state index contributed by atoms with van der Waals surface area (Å²) in [5, 5.41) is 8.96. The SMILES string of the molecule is O=C(O)CSCC(=O)c1ccc(Cl)cc1. The molecule has 1 aromatic carbocycles. The molecule has 0 amide bonds. The second-order valence-corrected chi connectivity index (χ2v) is 4.24. The maximum atomic E-state index is 11.5. The zero-order valence-electron chi connectivity index (χ0n) is 7.77. The topological polar surface area (TPSA) is 54.4 Å². The van der Waals surface area contributed by atoms with Crippen LogP contribution in [0, 0.1) is 0 Å². The Morgan fingerprint density at radius 3 is 2.33 bits per heavy atom. The lowest BCUT2D eigenvalue weighted by molar-refractivity contribution is -0.133. The van der Waals surface area contributed by atoms with Crippen LogP contribution >= 0.6 is 23.4 Å². The Hall–Kier alpha value is -1.00. The van der Waals surface area contributed by atoms with E-state index < -0.39 is 5.97 Å². The number of hydrogen-bond donors (Lipinski definition) is 1. The Morgan fingerprint density at radius 2 is 1.80 bits per heavy atom. The van der Waals surface area contributed by atoms with Gasteiger partial charge in [0, 0.05) is 10.6 Å². The van der Waals surface area contributed by atoms with E-state index in [2.05, 4.69) is 0 Å². The van der Waals surface area contributed by atoms with Crippen LogP contribution in [0.5, 0.6) is 0 Å². The average molecular weight is 245 g/mol. The number of hydrogen-bond acceptors (Lipinski definition) is 3. The molecule has 0 atom stereocenters. The average Bonchev–Trinajstić information content (AvgIpc) is 2.18. The van der Waals surface area contributed by atoms with Crippen LogP contribution in [-0.2, 0) is 4.79 Å². The predicted octanol–water partition coefficient (Wildman–Crippen LogP) is 2.34. The number of rotatable bonds is 5. The summed E-state index contributed by atoms with van der Waals surface area (Å²) in [5.74, 6) is -0.880. The van der Waals surface area contributed by atoms with Gasteiger partial charge in [0.1, 0.15) is 0 Å². The minimum atomic E-state index is -0.913. The highest BCUT2D eigenvalue weighted by Gasteiger charge is 2.06. The number of benzene rings is 1. The lowest BCUT2D eigenvalue weighted by Gasteiger charge is -1.99. The number of Topliss-reactive ketones (excluding diaryl/α,β-unsaturated/α-hetero) is 1. The zero-order valence-corrected chi connectivity index (χ0v) is 9.35. The molecule has 0 heterocycles. The van der Waals surface area contributed by atoms with Crippen molar-refractivity contribution in [2.75, 3.05) is 11.5 Å². The molecular formula is C10H9ClO3S. The van der Waals surface area contributed by atoms with E-state index in [-0.39, 0.29) is 17.3 Å². The molecule has 0 radical (unpaired) electrons. The first-order valence-electron chi connectivity index (χ1n) is 4.18. The minimum Gasteiger partial charge on any atom is -0.481 e. The summed E-state index contributed by atoms with van der Waals surface area (Å²) in [4.78, 5) is 21.7. The maximum Gasteiger partial charge on any atom is 0.313 e. The van der Waals surface area contributed by atoms with Gasteiger partial charge in [-0.3, -0.25) is 9.59 Å². The predicted molar refractivity (Wildman–Crippen MR) is 60.7 cm³/mol. The normalized spacial score (nSPS) is 9.93. The fraction of sp³-hybridized carbons (Fsp3) is 0.200. The van der Waals surface area contributed by atoms with Gasteiger partial charge in [0.15, 0.2) is 5.78 Å². The van der Waals surface area contributed by atoms with Crippen LogP contribution in [0.4, 0.5) is 0 Å². The van der Waals surface area contributed by atoms with E-state index in [1.807, 2.05) is 0 Å². The first kappa shape index (κ1) is 12.1. The molecule has 0 bridgehead atoms. The molecule has 0 saturated carbocycles. The summed E-state index contributed by atoms with van der Waals surface area (Å²) in [6.45, 7) is 0. The molecule has 0 saturated heterocycles. The van der Waals surface area contributed by atoms with Gasteiger partial charge in [-0.1, -0.05) is 11.6 Å². The monoisotopic (exact) mass is 244 g/mol. The Morgan fingerprint density at radius 1 is 1.20 bits per heavy atom. The Labute approximate surface area is 96.4 Å². The van der Waals surface area contributed by atoms with E-state index >= 15 is 0 Å². The van der Waals surface area contributed by atoms with Crippen molar-refractivity contribution in [1.29, 1.82) is 0 Å². The largest absolute Gasteiger partial charge is 0.481 e. The van der Waals surface area contributed by atoms with Crippen LogP contribution in [0.1, 0.15) is 10.4 Å². The fourth-order valence-electron chi connectivity index (χ4n) is 0.950. The van der Waals surface area contributed by atoms with Crippen LogP contribution in [0.2, 0.25) is 5.02 Å². The second kappa shape index (κ2) is 5.78. The molecular weight excluding hydrogens is 236 g/mol. The number of ketones is 1.